The Hall–Kier alpha value is -1.13. The Balaban J connectivity index is 2.02. The van der Waals surface area contributed by atoms with Crippen molar-refractivity contribution >= 4 is 0 Å². The van der Waals surface area contributed by atoms with Crippen molar-refractivity contribution in [1.82, 2.24) is 9.88 Å². The molecule has 4 heteroatoms. The summed E-state index contributed by atoms with van der Waals surface area (Å²) in [5.41, 5.74) is 2.03. The van der Waals surface area contributed by atoms with Crippen LogP contribution in [0, 0.1) is 12.8 Å². The Bertz CT molecular complexity index is 395. The van der Waals surface area contributed by atoms with Gasteiger partial charge in [-0.1, -0.05) is 0 Å². The summed E-state index contributed by atoms with van der Waals surface area (Å²) in [6.07, 6.45) is 2.30. The van der Waals surface area contributed by atoms with E-state index in [9.17, 15) is 5.11 Å². The van der Waals surface area contributed by atoms with Crippen LogP contribution >= 0.6 is 0 Å². The van der Waals surface area contributed by atoms with Crippen LogP contribution in [0.25, 0.3) is 0 Å². The Kier molecular flexibility index (Phi) is 4.55. The van der Waals surface area contributed by atoms with Gasteiger partial charge in [-0.05, 0) is 32.2 Å². The molecule has 0 amide bonds. The molecule has 0 bridgehead atoms. The van der Waals surface area contributed by atoms with Gasteiger partial charge >= 0.3 is 0 Å². The third-order valence-electron chi connectivity index (χ3n) is 3.46. The minimum Gasteiger partial charge on any atom is -0.497 e. The van der Waals surface area contributed by atoms with Crippen LogP contribution < -0.4 is 4.74 Å². The van der Waals surface area contributed by atoms with Gasteiger partial charge in [0.25, 0.3) is 0 Å². The minimum atomic E-state index is 0.293. The molecular formula is C14H22N2O2. The molecule has 1 atom stereocenters. The molecule has 1 aromatic rings. The zero-order chi connectivity index (χ0) is 13.0. The van der Waals surface area contributed by atoms with Gasteiger partial charge in [0.2, 0.25) is 0 Å². The van der Waals surface area contributed by atoms with Crippen molar-refractivity contribution < 1.29 is 9.84 Å². The Morgan fingerprint density at radius 3 is 3.06 bits per heavy atom. The monoisotopic (exact) mass is 250 g/mol. The summed E-state index contributed by atoms with van der Waals surface area (Å²) < 4.78 is 5.27. The highest BCUT2D eigenvalue weighted by Crippen LogP contribution is 2.19. The molecule has 18 heavy (non-hydrogen) atoms. The summed E-state index contributed by atoms with van der Waals surface area (Å²) in [6.45, 7) is 5.18. The fourth-order valence-electron chi connectivity index (χ4n) is 2.57. The quantitative estimate of drug-likeness (QED) is 0.881. The predicted molar refractivity (Wildman–Crippen MR) is 70.6 cm³/mol. The lowest BCUT2D eigenvalue weighted by Gasteiger charge is -2.31. The fourth-order valence-corrected chi connectivity index (χ4v) is 2.57. The van der Waals surface area contributed by atoms with Gasteiger partial charge in [-0.25, -0.2) is 0 Å². The second-order valence-electron chi connectivity index (χ2n) is 5.07. The van der Waals surface area contributed by atoms with Crippen molar-refractivity contribution in [2.24, 2.45) is 5.92 Å². The molecule has 2 rings (SSSR count). The highest BCUT2D eigenvalue weighted by molar-refractivity contribution is 5.26. The Labute approximate surface area is 109 Å². The van der Waals surface area contributed by atoms with E-state index in [1.54, 1.807) is 7.11 Å². The van der Waals surface area contributed by atoms with Crippen LogP contribution in [0.5, 0.6) is 5.75 Å². The topological polar surface area (TPSA) is 45.6 Å². The van der Waals surface area contributed by atoms with E-state index in [4.69, 9.17) is 4.74 Å². The molecular weight excluding hydrogens is 228 g/mol. The molecule has 0 saturated carbocycles. The van der Waals surface area contributed by atoms with E-state index in [2.05, 4.69) is 9.88 Å². The number of aryl methyl sites for hydroxylation is 1. The van der Waals surface area contributed by atoms with Gasteiger partial charge in [0, 0.05) is 37.5 Å². The van der Waals surface area contributed by atoms with Crippen LogP contribution in [0.15, 0.2) is 12.1 Å². The molecule has 0 spiro atoms. The van der Waals surface area contributed by atoms with E-state index in [0.717, 1.165) is 49.6 Å². The number of piperidine rings is 1. The molecule has 1 aliphatic rings. The highest BCUT2D eigenvalue weighted by atomic mass is 16.5. The number of ether oxygens (including phenoxy) is 1. The summed E-state index contributed by atoms with van der Waals surface area (Å²) in [5.74, 6) is 1.29. The molecule has 0 aromatic carbocycles. The summed E-state index contributed by atoms with van der Waals surface area (Å²) in [7, 11) is 1.68. The first-order valence-electron chi connectivity index (χ1n) is 6.56. The van der Waals surface area contributed by atoms with Crippen LogP contribution in [0.3, 0.4) is 0 Å². The van der Waals surface area contributed by atoms with Crippen molar-refractivity contribution in [3.63, 3.8) is 0 Å². The van der Waals surface area contributed by atoms with Crippen molar-refractivity contribution in [3.05, 3.63) is 23.5 Å². The molecule has 1 N–H and O–H groups in total. The standard InChI is InChI=1S/C14H22N2O2/c1-11-6-14(18-2)7-13(15-11)9-16-5-3-4-12(8-16)10-17/h6-7,12,17H,3-5,8-10H2,1-2H3. The highest BCUT2D eigenvalue weighted by Gasteiger charge is 2.19. The van der Waals surface area contributed by atoms with Gasteiger partial charge in [-0.15, -0.1) is 0 Å². The molecule has 1 saturated heterocycles. The molecule has 1 fully saturated rings. The fraction of sp³-hybridized carbons (Fsp3) is 0.643. The normalized spacial score (nSPS) is 20.9. The summed E-state index contributed by atoms with van der Waals surface area (Å²) >= 11 is 0. The number of hydrogen-bond donors (Lipinski definition) is 1. The molecule has 0 radical (unpaired) electrons. The number of nitrogens with zero attached hydrogens (tertiary/aromatic N) is 2. The number of rotatable bonds is 4. The summed E-state index contributed by atoms with van der Waals surface area (Å²) in [4.78, 5) is 6.91. The maximum atomic E-state index is 9.24. The van der Waals surface area contributed by atoms with E-state index < -0.39 is 0 Å². The molecule has 4 nitrogen and oxygen atoms in total. The maximum absolute atomic E-state index is 9.24. The number of pyridine rings is 1. The van der Waals surface area contributed by atoms with E-state index in [-0.39, 0.29) is 0 Å². The number of aliphatic hydroxyl groups is 1. The Morgan fingerprint density at radius 1 is 1.50 bits per heavy atom. The van der Waals surface area contributed by atoms with Crippen molar-refractivity contribution in [3.8, 4) is 5.75 Å². The lowest BCUT2D eigenvalue weighted by molar-refractivity contribution is 0.115. The summed E-state index contributed by atoms with van der Waals surface area (Å²) in [5, 5.41) is 9.24. The first-order valence-corrected chi connectivity index (χ1v) is 6.56. The number of hydrogen-bond acceptors (Lipinski definition) is 4. The van der Waals surface area contributed by atoms with Crippen LogP contribution in [0.2, 0.25) is 0 Å². The molecule has 1 unspecified atom stereocenters. The largest absolute Gasteiger partial charge is 0.497 e. The molecule has 0 aliphatic carbocycles. The van der Waals surface area contributed by atoms with Gasteiger partial charge in [0.15, 0.2) is 0 Å². The van der Waals surface area contributed by atoms with Crippen molar-refractivity contribution in [2.45, 2.75) is 26.3 Å². The molecule has 100 valence electrons. The first-order chi connectivity index (χ1) is 8.71. The van der Waals surface area contributed by atoms with E-state index in [1.807, 2.05) is 19.1 Å². The number of likely N-dealkylation sites (tertiary alicyclic amines) is 1. The average molecular weight is 250 g/mol. The maximum Gasteiger partial charge on any atom is 0.122 e. The average Bonchev–Trinajstić information content (AvgIpc) is 2.38. The molecule has 1 aliphatic heterocycles. The third kappa shape index (κ3) is 3.43. The van der Waals surface area contributed by atoms with E-state index >= 15 is 0 Å². The smallest absolute Gasteiger partial charge is 0.122 e. The van der Waals surface area contributed by atoms with Gasteiger partial charge in [0.05, 0.1) is 12.8 Å². The Morgan fingerprint density at radius 2 is 2.33 bits per heavy atom. The lowest BCUT2D eigenvalue weighted by Crippen LogP contribution is -2.36. The van der Waals surface area contributed by atoms with Gasteiger partial charge in [-0.2, -0.15) is 0 Å². The first kappa shape index (κ1) is 13.3. The third-order valence-corrected chi connectivity index (χ3v) is 3.46. The van der Waals surface area contributed by atoms with Gasteiger partial charge < -0.3 is 9.84 Å². The predicted octanol–water partition coefficient (Wildman–Crippen LogP) is 1.60. The van der Waals surface area contributed by atoms with E-state index in [1.165, 1.54) is 0 Å². The second-order valence-corrected chi connectivity index (χ2v) is 5.07. The SMILES string of the molecule is COc1cc(C)nc(CN2CCCC(CO)C2)c1. The number of aliphatic hydroxyl groups excluding tert-OH is 1. The zero-order valence-corrected chi connectivity index (χ0v) is 11.2. The van der Waals surface area contributed by atoms with Crippen LogP contribution in [-0.2, 0) is 6.54 Å². The number of aromatic nitrogens is 1. The number of methoxy groups -OCH3 is 1. The van der Waals surface area contributed by atoms with Crippen molar-refractivity contribution in [1.29, 1.82) is 0 Å². The van der Waals surface area contributed by atoms with Crippen LogP contribution in [-0.4, -0.2) is 41.8 Å². The molecule has 2 heterocycles. The zero-order valence-electron chi connectivity index (χ0n) is 11.2. The minimum absolute atomic E-state index is 0.293. The van der Waals surface area contributed by atoms with E-state index in [0.29, 0.717) is 12.5 Å². The van der Waals surface area contributed by atoms with Crippen LogP contribution in [0.4, 0.5) is 0 Å². The summed E-state index contributed by atoms with van der Waals surface area (Å²) in [6, 6.07) is 3.94. The van der Waals surface area contributed by atoms with Crippen LogP contribution in [0.1, 0.15) is 24.2 Å². The molecule has 1 aromatic heterocycles. The van der Waals surface area contributed by atoms with Gasteiger partial charge in [-0.3, -0.25) is 9.88 Å². The van der Waals surface area contributed by atoms with Gasteiger partial charge in [0.1, 0.15) is 5.75 Å². The lowest BCUT2D eigenvalue weighted by atomic mass is 9.99. The second kappa shape index (κ2) is 6.16. The van der Waals surface area contributed by atoms with Crippen molar-refractivity contribution in [2.75, 3.05) is 26.8 Å².